The molecule has 6 heteroatoms. The summed E-state index contributed by atoms with van der Waals surface area (Å²) in [6.07, 6.45) is 0. The summed E-state index contributed by atoms with van der Waals surface area (Å²) >= 11 is 1.57. The van der Waals surface area contributed by atoms with E-state index in [0.717, 1.165) is 4.88 Å². The fraction of sp³-hybridized carbons (Fsp3) is 0.300. The lowest BCUT2D eigenvalue weighted by atomic mass is 10.3. The SMILES string of the molecule is O=S(CCO)Cc1cc(-c2cccs2)on1. The normalized spacial score (nSPS) is 12.8. The molecule has 0 saturated heterocycles. The van der Waals surface area contributed by atoms with Gasteiger partial charge >= 0.3 is 0 Å². The maximum absolute atomic E-state index is 11.4. The van der Waals surface area contributed by atoms with Gasteiger partial charge in [-0.2, -0.15) is 0 Å². The molecule has 0 fully saturated rings. The molecule has 2 heterocycles. The van der Waals surface area contributed by atoms with Crippen LogP contribution in [0.2, 0.25) is 0 Å². The molecule has 2 aromatic rings. The van der Waals surface area contributed by atoms with E-state index in [9.17, 15) is 4.21 Å². The van der Waals surface area contributed by atoms with Crippen molar-refractivity contribution in [1.82, 2.24) is 5.16 Å². The van der Waals surface area contributed by atoms with Crippen molar-refractivity contribution in [1.29, 1.82) is 0 Å². The maximum atomic E-state index is 11.4. The first kappa shape index (κ1) is 11.5. The molecule has 16 heavy (non-hydrogen) atoms. The lowest BCUT2D eigenvalue weighted by Gasteiger charge is -1.93. The highest BCUT2D eigenvalue weighted by atomic mass is 32.2. The van der Waals surface area contributed by atoms with Crippen molar-refractivity contribution >= 4 is 22.1 Å². The lowest BCUT2D eigenvalue weighted by molar-refractivity contribution is 0.321. The van der Waals surface area contributed by atoms with Crippen LogP contribution in [0.4, 0.5) is 0 Å². The van der Waals surface area contributed by atoms with E-state index in [-0.39, 0.29) is 12.4 Å². The highest BCUT2D eigenvalue weighted by Crippen LogP contribution is 2.25. The van der Waals surface area contributed by atoms with Gasteiger partial charge in [0.1, 0.15) is 0 Å². The summed E-state index contributed by atoms with van der Waals surface area (Å²) in [5.41, 5.74) is 0.662. The van der Waals surface area contributed by atoms with Crippen LogP contribution in [0, 0.1) is 0 Å². The zero-order chi connectivity index (χ0) is 11.4. The van der Waals surface area contributed by atoms with Crippen molar-refractivity contribution in [2.24, 2.45) is 0 Å². The average Bonchev–Trinajstić information content (AvgIpc) is 2.86. The third-order valence-corrected chi connectivity index (χ3v) is 4.09. The van der Waals surface area contributed by atoms with Crippen molar-refractivity contribution in [2.45, 2.75) is 5.75 Å². The second-order valence-corrected chi connectivity index (χ2v) is 5.70. The van der Waals surface area contributed by atoms with E-state index < -0.39 is 10.8 Å². The molecule has 0 aliphatic carbocycles. The van der Waals surface area contributed by atoms with Crippen molar-refractivity contribution in [2.75, 3.05) is 12.4 Å². The molecule has 0 saturated carbocycles. The molecule has 0 radical (unpaired) electrons. The average molecular weight is 257 g/mol. The second-order valence-electron chi connectivity index (χ2n) is 3.17. The summed E-state index contributed by atoms with van der Waals surface area (Å²) in [4.78, 5) is 1.01. The van der Waals surface area contributed by atoms with Gasteiger partial charge in [0.05, 0.1) is 22.9 Å². The Morgan fingerprint density at radius 2 is 2.44 bits per heavy atom. The summed E-state index contributed by atoms with van der Waals surface area (Å²) in [5, 5.41) is 14.4. The molecule has 0 aliphatic heterocycles. The van der Waals surface area contributed by atoms with Crippen molar-refractivity contribution in [3.05, 3.63) is 29.3 Å². The Bertz CT molecular complexity index is 464. The predicted molar refractivity (Wildman–Crippen MR) is 63.6 cm³/mol. The number of nitrogens with zero attached hydrogens (tertiary/aromatic N) is 1. The molecule has 2 aromatic heterocycles. The van der Waals surface area contributed by atoms with Crippen molar-refractivity contribution < 1.29 is 13.8 Å². The standard InChI is InChI=1S/C10H11NO3S2/c12-3-5-16(13)7-8-6-9(14-11-8)10-2-1-4-15-10/h1-2,4,6,12H,3,5,7H2. The monoisotopic (exact) mass is 257 g/mol. The van der Waals surface area contributed by atoms with E-state index in [1.165, 1.54) is 0 Å². The molecule has 0 bridgehead atoms. The predicted octanol–water partition coefficient (Wildman–Crippen LogP) is 1.64. The van der Waals surface area contributed by atoms with E-state index in [1.54, 1.807) is 17.4 Å². The second kappa shape index (κ2) is 5.38. The molecule has 0 aromatic carbocycles. The van der Waals surface area contributed by atoms with Crippen LogP contribution in [0.3, 0.4) is 0 Å². The van der Waals surface area contributed by atoms with Gasteiger partial charge in [-0.1, -0.05) is 11.2 Å². The van der Waals surface area contributed by atoms with Gasteiger partial charge in [-0.3, -0.25) is 4.21 Å². The third-order valence-electron chi connectivity index (χ3n) is 1.95. The molecular formula is C10H11NO3S2. The fourth-order valence-corrected chi connectivity index (χ4v) is 2.74. The van der Waals surface area contributed by atoms with E-state index in [2.05, 4.69) is 5.16 Å². The molecule has 86 valence electrons. The summed E-state index contributed by atoms with van der Waals surface area (Å²) in [6.45, 7) is -0.0672. The molecule has 1 atom stereocenters. The molecule has 1 N–H and O–H groups in total. The summed E-state index contributed by atoms with van der Waals surface area (Å²) in [5.74, 6) is 1.31. The van der Waals surface area contributed by atoms with Crippen LogP contribution in [0.5, 0.6) is 0 Å². The molecule has 1 unspecified atom stereocenters. The Balaban J connectivity index is 2.06. The number of aliphatic hydroxyl groups excluding tert-OH is 1. The van der Waals surface area contributed by atoms with Crippen LogP contribution < -0.4 is 0 Å². The molecule has 0 spiro atoms. The van der Waals surface area contributed by atoms with Crippen molar-refractivity contribution in [3.8, 4) is 10.6 Å². The Labute approximate surface area is 99.4 Å². The van der Waals surface area contributed by atoms with E-state index >= 15 is 0 Å². The summed E-state index contributed by atoms with van der Waals surface area (Å²) in [6, 6.07) is 5.67. The smallest absolute Gasteiger partial charge is 0.177 e. The third kappa shape index (κ3) is 2.78. The summed E-state index contributed by atoms with van der Waals surface area (Å²) < 4.78 is 16.5. The van der Waals surface area contributed by atoms with Crippen LogP contribution in [0.1, 0.15) is 5.69 Å². The van der Waals surface area contributed by atoms with Gasteiger partial charge in [0.25, 0.3) is 0 Å². The Morgan fingerprint density at radius 3 is 3.12 bits per heavy atom. The minimum Gasteiger partial charge on any atom is -0.395 e. The number of aromatic nitrogens is 1. The van der Waals surface area contributed by atoms with Crippen LogP contribution in [0.25, 0.3) is 10.6 Å². The molecular weight excluding hydrogens is 246 g/mol. The Hall–Kier alpha value is -0.980. The van der Waals surface area contributed by atoms with Crippen LogP contribution in [-0.2, 0) is 16.6 Å². The number of hydrogen-bond donors (Lipinski definition) is 1. The largest absolute Gasteiger partial charge is 0.395 e. The topological polar surface area (TPSA) is 63.3 Å². The minimum absolute atomic E-state index is 0.0672. The van der Waals surface area contributed by atoms with Gasteiger partial charge in [0.2, 0.25) is 0 Å². The van der Waals surface area contributed by atoms with E-state index in [0.29, 0.717) is 17.2 Å². The number of hydrogen-bond acceptors (Lipinski definition) is 5. The molecule has 0 amide bonds. The van der Waals surface area contributed by atoms with E-state index in [1.807, 2.05) is 17.5 Å². The molecule has 0 aliphatic rings. The summed E-state index contributed by atoms with van der Waals surface area (Å²) in [7, 11) is -1.07. The van der Waals surface area contributed by atoms with Crippen LogP contribution >= 0.6 is 11.3 Å². The van der Waals surface area contributed by atoms with Gasteiger partial charge in [-0.15, -0.1) is 11.3 Å². The zero-order valence-electron chi connectivity index (χ0n) is 8.46. The first-order valence-corrected chi connectivity index (χ1v) is 7.11. The minimum atomic E-state index is -1.07. The van der Waals surface area contributed by atoms with Gasteiger partial charge in [0.15, 0.2) is 5.76 Å². The van der Waals surface area contributed by atoms with Gasteiger partial charge < -0.3 is 9.63 Å². The highest BCUT2D eigenvalue weighted by Gasteiger charge is 2.09. The number of rotatable bonds is 5. The number of aliphatic hydroxyl groups is 1. The highest BCUT2D eigenvalue weighted by molar-refractivity contribution is 7.84. The van der Waals surface area contributed by atoms with Crippen LogP contribution in [0.15, 0.2) is 28.1 Å². The quantitative estimate of drug-likeness (QED) is 0.884. The fourth-order valence-electron chi connectivity index (χ4n) is 1.25. The first-order chi connectivity index (χ1) is 7.79. The van der Waals surface area contributed by atoms with Crippen LogP contribution in [-0.4, -0.2) is 26.8 Å². The first-order valence-electron chi connectivity index (χ1n) is 4.75. The van der Waals surface area contributed by atoms with Gasteiger partial charge in [0, 0.05) is 22.6 Å². The molecule has 4 nitrogen and oxygen atoms in total. The van der Waals surface area contributed by atoms with Gasteiger partial charge in [-0.05, 0) is 11.4 Å². The maximum Gasteiger partial charge on any atom is 0.177 e. The Morgan fingerprint density at radius 1 is 1.56 bits per heavy atom. The Kier molecular flexibility index (Phi) is 3.87. The van der Waals surface area contributed by atoms with Crippen molar-refractivity contribution in [3.63, 3.8) is 0 Å². The number of thiophene rings is 1. The molecule has 2 rings (SSSR count). The van der Waals surface area contributed by atoms with Gasteiger partial charge in [-0.25, -0.2) is 0 Å². The zero-order valence-corrected chi connectivity index (χ0v) is 10.1. The van der Waals surface area contributed by atoms with E-state index in [4.69, 9.17) is 9.63 Å². The lowest BCUT2D eigenvalue weighted by Crippen LogP contribution is -2.04.